The van der Waals surface area contributed by atoms with Gasteiger partial charge in [0.25, 0.3) is 0 Å². The average Bonchev–Trinajstić information content (AvgIpc) is 2.45. The van der Waals surface area contributed by atoms with Crippen LogP contribution in [0.3, 0.4) is 0 Å². The summed E-state index contributed by atoms with van der Waals surface area (Å²) >= 11 is 5.92. The fraction of sp³-hybridized carbons (Fsp3) is 0.357. The molecule has 0 aliphatic rings. The number of nitrogens with zero attached hydrogens (tertiary/aromatic N) is 3. The number of rotatable bonds is 6. The second kappa shape index (κ2) is 7.05. The Morgan fingerprint density at radius 3 is 2.50 bits per heavy atom. The monoisotopic (exact) mass is 291 g/mol. The Labute approximate surface area is 123 Å². The van der Waals surface area contributed by atoms with Gasteiger partial charge in [-0.2, -0.15) is 15.0 Å². The third-order valence-corrected chi connectivity index (χ3v) is 3.06. The fourth-order valence-electron chi connectivity index (χ4n) is 1.59. The van der Waals surface area contributed by atoms with Gasteiger partial charge >= 0.3 is 0 Å². The van der Waals surface area contributed by atoms with E-state index in [1.54, 1.807) is 0 Å². The molecule has 0 aliphatic carbocycles. The van der Waals surface area contributed by atoms with Crippen LogP contribution in [-0.2, 0) is 6.54 Å². The summed E-state index contributed by atoms with van der Waals surface area (Å²) in [6.45, 7) is 4.80. The SMILES string of the molecule is CC[C@@H](C)Nc1nc(Cl)nc(NCc2ccccc2)n1. The first-order valence-electron chi connectivity index (χ1n) is 6.63. The molecule has 0 aliphatic heterocycles. The molecule has 0 bridgehead atoms. The molecule has 106 valence electrons. The first kappa shape index (κ1) is 14.5. The van der Waals surface area contributed by atoms with Crippen LogP contribution in [-0.4, -0.2) is 21.0 Å². The molecule has 1 aromatic heterocycles. The highest BCUT2D eigenvalue weighted by atomic mass is 35.5. The number of anilines is 2. The van der Waals surface area contributed by atoms with Gasteiger partial charge in [-0.25, -0.2) is 0 Å². The number of hydrogen-bond donors (Lipinski definition) is 2. The highest BCUT2D eigenvalue weighted by Crippen LogP contribution is 2.12. The smallest absolute Gasteiger partial charge is 0.229 e. The van der Waals surface area contributed by atoms with Gasteiger partial charge in [-0.15, -0.1) is 0 Å². The van der Waals surface area contributed by atoms with Crippen LogP contribution in [0.15, 0.2) is 30.3 Å². The zero-order valence-electron chi connectivity index (χ0n) is 11.6. The molecule has 0 spiro atoms. The Kier molecular flexibility index (Phi) is 5.12. The highest BCUT2D eigenvalue weighted by Gasteiger charge is 2.07. The van der Waals surface area contributed by atoms with Crippen molar-refractivity contribution in [2.24, 2.45) is 0 Å². The second-order valence-electron chi connectivity index (χ2n) is 4.54. The predicted octanol–water partition coefficient (Wildman–Crippen LogP) is 3.35. The van der Waals surface area contributed by atoms with Crippen LogP contribution in [0.1, 0.15) is 25.8 Å². The number of hydrogen-bond acceptors (Lipinski definition) is 5. The minimum atomic E-state index is 0.182. The molecule has 0 saturated heterocycles. The number of nitrogens with one attached hydrogen (secondary N) is 2. The van der Waals surface area contributed by atoms with Gasteiger partial charge in [-0.3, -0.25) is 0 Å². The van der Waals surface area contributed by atoms with Crippen molar-refractivity contribution in [2.75, 3.05) is 10.6 Å². The topological polar surface area (TPSA) is 62.7 Å². The molecular weight excluding hydrogens is 274 g/mol. The van der Waals surface area contributed by atoms with Crippen molar-refractivity contribution in [3.05, 3.63) is 41.2 Å². The molecule has 0 unspecified atom stereocenters. The molecule has 20 heavy (non-hydrogen) atoms. The van der Waals surface area contributed by atoms with Crippen LogP contribution in [0.5, 0.6) is 0 Å². The van der Waals surface area contributed by atoms with E-state index >= 15 is 0 Å². The van der Waals surface area contributed by atoms with Crippen LogP contribution < -0.4 is 10.6 Å². The molecule has 0 saturated carbocycles. The Morgan fingerprint density at radius 2 is 1.80 bits per heavy atom. The maximum Gasteiger partial charge on any atom is 0.229 e. The lowest BCUT2D eigenvalue weighted by molar-refractivity contribution is 0.750. The normalized spacial score (nSPS) is 11.9. The average molecular weight is 292 g/mol. The van der Waals surface area contributed by atoms with Crippen LogP contribution >= 0.6 is 11.6 Å². The molecule has 2 rings (SSSR count). The first-order chi connectivity index (χ1) is 9.67. The summed E-state index contributed by atoms with van der Waals surface area (Å²) in [6, 6.07) is 10.3. The number of aromatic nitrogens is 3. The van der Waals surface area contributed by atoms with E-state index < -0.39 is 0 Å². The van der Waals surface area contributed by atoms with Crippen molar-refractivity contribution in [3.8, 4) is 0 Å². The molecule has 1 heterocycles. The summed E-state index contributed by atoms with van der Waals surface area (Å²) in [5, 5.41) is 6.51. The molecule has 6 heteroatoms. The van der Waals surface area contributed by atoms with Crippen molar-refractivity contribution in [1.82, 2.24) is 15.0 Å². The first-order valence-corrected chi connectivity index (χ1v) is 7.01. The van der Waals surface area contributed by atoms with E-state index in [0.717, 1.165) is 12.0 Å². The summed E-state index contributed by atoms with van der Waals surface area (Å²) < 4.78 is 0. The van der Waals surface area contributed by atoms with E-state index in [2.05, 4.69) is 39.4 Å². The Hall–Kier alpha value is -1.88. The summed E-state index contributed by atoms with van der Waals surface area (Å²) in [6.07, 6.45) is 0.982. The minimum Gasteiger partial charge on any atom is -0.352 e. The largest absolute Gasteiger partial charge is 0.352 e. The summed E-state index contributed by atoms with van der Waals surface area (Å²) in [7, 11) is 0. The molecule has 1 atom stereocenters. The second-order valence-corrected chi connectivity index (χ2v) is 4.88. The van der Waals surface area contributed by atoms with Crippen molar-refractivity contribution >= 4 is 23.5 Å². The molecule has 2 N–H and O–H groups in total. The minimum absolute atomic E-state index is 0.182. The third-order valence-electron chi connectivity index (χ3n) is 2.89. The highest BCUT2D eigenvalue weighted by molar-refractivity contribution is 6.28. The van der Waals surface area contributed by atoms with Crippen LogP contribution in [0.2, 0.25) is 5.28 Å². The van der Waals surface area contributed by atoms with Gasteiger partial charge in [-0.1, -0.05) is 37.3 Å². The molecule has 0 amide bonds. The Morgan fingerprint density at radius 1 is 1.10 bits per heavy atom. The van der Waals surface area contributed by atoms with E-state index in [1.165, 1.54) is 0 Å². The van der Waals surface area contributed by atoms with Crippen LogP contribution in [0, 0.1) is 0 Å². The van der Waals surface area contributed by atoms with Crippen molar-refractivity contribution < 1.29 is 0 Å². The van der Waals surface area contributed by atoms with E-state index in [9.17, 15) is 0 Å². The molecule has 0 radical (unpaired) electrons. The Bertz CT molecular complexity index is 547. The predicted molar refractivity (Wildman–Crippen MR) is 82.0 cm³/mol. The van der Waals surface area contributed by atoms with Gasteiger partial charge in [0.05, 0.1) is 0 Å². The van der Waals surface area contributed by atoms with Gasteiger partial charge in [0.2, 0.25) is 17.2 Å². The third kappa shape index (κ3) is 4.35. The number of halogens is 1. The molecular formula is C14H18ClN5. The number of benzene rings is 1. The lowest BCUT2D eigenvalue weighted by Crippen LogP contribution is -2.17. The summed E-state index contributed by atoms with van der Waals surface area (Å²) in [5.74, 6) is 0.967. The molecule has 2 aromatic rings. The summed E-state index contributed by atoms with van der Waals surface area (Å²) in [5.41, 5.74) is 1.15. The van der Waals surface area contributed by atoms with Gasteiger partial charge in [0, 0.05) is 12.6 Å². The van der Waals surface area contributed by atoms with Gasteiger partial charge in [0.1, 0.15) is 0 Å². The quantitative estimate of drug-likeness (QED) is 0.854. The van der Waals surface area contributed by atoms with E-state index in [4.69, 9.17) is 11.6 Å². The molecule has 0 fully saturated rings. The molecule has 5 nitrogen and oxygen atoms in total. The summed E-state index contributed by atoms with van der Waals surface area (Å²) in [4.78, 5) is 12.5. The van der Waals surface area contributed by atoms with Crippen molar-refractivity contribution in [1.29, 1.82) is 0 Å². The van der Waals surface area contributed by atoms with Crippen molar-refractivity contribution in [3.63, 3.8) is 0 Å². The van der Waals surface area contributed by atoms with Crippen LogP contribution in [0.4, 0.5) is 11.9 Å². The maximum absolute atomic E-state index is 5.92. The van der Waals surface area contributed by atoms with Gasteiger partial charge in [0.15, 0.2) is 0 Å². The zero-order chi connectivity index (χ0) is 14.4. The lowest BCUT2D eigenvalue weighted by Gasteiger charge is -2.12. The van der Waals surface area contributed by atoms with E-state index in [0.29, 0.717) is 18.4 Å². The van der Waals surface area contributed by atoms with Crippen LogP contribution in [0.25, 0.3) is 0 Å². The zero-order valence-corrected chi connectivity index (χ0v) is 12.4. The van der Waals surface area contributed by atoms with E-state index in [1.807, 2.05) is 30.3 Å². The lowest BCUT2D eigenvalue weighted by atomic mass is 10.2. The van der Waals surface area contributed by atoms with Crippen molar-refractivity contribution in [2.45, 2.75) is 32.9 Å². The Balaban J connectivity index is 2.04. The van der Waals surface area contributed by atoms with Gasteiger partial charge in [-0.05, 0) is 30.5 Å². The van der Waals surface area contributed by atoms with E-state index in [-0.39, 0.29) is 11.3 Å². The maximum atomic E-state index is 5.92. The fourth-order valence-corrected chi connectivity index (χ4v) is 1.75. The van der Waals surface area contributed by atoms with Gasteiger partial charge < -0.3 is 10.6 Å². The standard InChI is InChI=1S/C14H18ClN5/c1-3-10(2)17-14-19-12(15)18-13(20-14)16-9-11-7-5-4-6-8-11/h4-8,10H,3,9H2,1-2H3,(H2,16,17,18,19,20)/t10-/m1/s1. The molecule has 1 aromatic carbocycles.